The van der Waals surface area contributed by atoms with Crippen LogP contribution >= 0.6 is 0 Å². The van der Waals surface area contributed by atoms with Gasteiger partial charge in [-0.05, 0) is 31.3 Å². The number of nitrogens with one attached hydrogen (secondary N) is 1. The third kappa shape index (κ3) is 17.9. The summed E-state index contributed by atoms with van der Waals surface area (Å²) >= 11 is 0. The van der Waals surface area contributed by atoms with Crippen molar-refractivity contribution >= 4 is 0 Å². The van der Waals surface area contributed by atoms with Crippen molar-refractivity contribution < 1.29 is 0 Å². The van der Waals surface area contributed by atoms with Crippen molar-refractivity contribution in [2.24, 2.45) is 11.8 Å². The predicted molar refractivity (Wildman–Crippen MR) is 69.9 cm³/mol. The second-order valence-corrected chi connectivity index (χ2v) is 3.36. The van der Waals surface area contributed by atoms with Crippen LogP contribution in [0.3, 0.4) is 0 Å². The van der Waals surface area contributed by atoms with Crippen molar-refractivity contribution in [3.8, 4) is 0 Å². The quantitative estimate of drug-likeness (QED) is 0.656. The largest absolute Gasteiger partial charge is 0.317 e. The molecule has 0 amide bonds. The Kier molecular flexibility index (Phi) is 26.1. The highest BCUT2D eigenvalue weighted by Gasteiger charge is 2.04. The molecule has 1 atom stereocenters. The fraction of sp³-hybridized carbons (Fsp3) is 1.00. The van der Waals surface area contributed by atoms with Crippen LogP contribution in [0.5, 0.6) is 0 Å². The molecule has 0 aromatic rings. The molecule has 1 N–H and O–H groups in total. The van der Waals surface area contributed by atoms with Gasteiger partial charge in [0.1, 0.15) is 0 Å². The Labute approximate surface area is 92.7 Å². The first-order valence-corrected chi connectivity index (χ1v) is 6.39. The molecule has 0 fully saturated rings. The molecule has 0 bridgehead atoms. The minimum absolute atomic E-state index is 0.832. The first kappa shape index (κ1) is 19.5. The number of rotatable bonds is 5. The molecule has 0 rings (SSSR count). The molecule has 1 heteroatoms. The van der Waals surface area contributed by atoms with E-state index in [1.54, 1.807) is 0 Å². The molecule has 90 valence electrons. The Hall–Kier alpha value is -0.0400. The van der Waals surface area contributed by atoms with Gasteiger partial charge in [0.15, 0.2) is 0 Å². The summed E-state index contributed by atoms with van der Waals surface area (Å²) in [6, 6.07) is 0. The van der Waals surface area contributed by atoms with Crippen LogP contribution in [0.1, 0.15) is 61.8 Å². The first-order valence-electron chi connectivity index (χ1n) is 6.39. The monoisotopic (exact) mass is 203 g/mol. The SMILES string of the molecule is CC.CC.CCNCCC(C)C(C)C. The van der Waals surface area contributed by atoms with Crippen LogP contribution in [0.25, 0.3) is 0 Å². The lowest BCUT2D eigenvalue weighted by molar-refractivity contribution is 0.385. The van der Waals surface area contributed by atoms with E-state index in [1.165, 1.54) is 13.0 Å². The molecule has 1 unspecified atom stereocenters. The van der Waals surface area contributed by atoms with Crippen molar-refractivity contribution in [2.75, 3.05) is 13.1 Å². The van der Waals surface area contributed by atoms with E-state index in [4.69, 9.17) is 0 Å². The van der Waals surface area contributed by atoms with Gasteiger partial charge in [-0.1, -0.05) is 55.4 Å². The summed E-state index contributed by atoms with van der Waals surface area (Å²) in [6.45, 7) is 19.3. The van der Waals surface area contributed by atoms with E-state index in [2.05, 4.69) is 33.0 Å². The predicted octanol–water partition coefficient (Wildman–Crippen LogP) is 4.33. The van der Waals surface area contributed by atoms with Gasteiger partial charge < -0.3 is 5.32 Å². The molecule has 0 aliphatic carbocycles. The number of hydrogen-bond acceptors (Lipinski definition) is 1. The Morgan fingerprint density at radius 2 is 1.36 bits per heavy atom. The average Bonchev–Trinajstić information content (AvgIpc) is 2.24. The Bertz CT molecular complexity index is 69.6. The van der Waals surface area contributed by atoms with Gasteiger partial charge in [-0.2, -0.15) is 0 Å². The highest BCUT2D eigenvalue weighted by molar-refractivity contribution is 4.58. The molecule has 1 nitrogen and oxygen atoms in total. The lowest BCUT2D eigenvalue weighted by atomic mass is 9.95. The Morgan fingerprint density at radius 3 is 1.64 bits per heavy atom. The summed E-state index contributed by atoms with van der Waals surface area (Å²) in [5.41, 5.74) is 0. The maximum Gasteiger partial charge on any atom is -0.00464 e. The van der Waals surface area contributed by atoms with Crippen molar-refractivity contribution in [1.29, 1.82) is 0 Å². The standard InChI is InChI=1S/C9H21N.2C2H6/c1-5-10-7-6-9(4)8(2)3;2*1-2/h8-10H,5-7H2,1-4H3;2*1-2H3. The highest BCUT2D eigenvalue weighted by Crippen LogP contribution is 2.12. The van der Waals surface area contributed by atoms with E-state index in [1.807, 2.05) is 27.7 Å². The molecular formula is C13H33N. The molecule has 0 aromatic carbocycles. The van der Waals surface area contributed by atoms with Crippen LogP contribution in [0.2, 0.25) is 0 Å². The maximum atomic E-state index is 3.33. The lowest BCUT2D eigenvalue weighted by Gasteiger charge is -2.14. The van der Waals surface area contributed by atoms with Crippen LogP contribution < -0.4 is 5.32 Å². The second kappa shape index (κ2) is 18.7. The molecule has 0 aromatic heterocycles. The van der Waals surface area contributed by atoms with Crippen molar-refractivity contribution in [1.82, 2.24) is 5.32 Å². The summed E-state index contributed by atoms with van der Waals surface area (Å²) in [7, 11) is 0. The van der Waals surface area contributed by atoms with E-state index in [9.17, 15) is 0 Å². The molecular weight excluding hydrogens is 170 g/mol. The number of hydrogen-bond donors (Lipinski definition) is 1. The average molecular weight is 203 g/mol. The minimum Gasteiger partial charge on any atom is -0.317 e. The van der Waals surface area contributed by atoms with Crippen LogP contribution in [-0.4, -0.2) is 13.1 Å². The summed E-state index contributed by atoms with van der Waals surface area (Å²) in [4.78, 5) is 0. The summed E-state index contributed by atoms with van der Waals surface area (Å²) in [5.74, 6) is 1.69. The highest BCUT2D eigenvalue weighted by atomic mass is 14.8. The summed E-state index contributed by atoms with van der Waals surface area (Å²) in [6.07, 6.45) is 1.31. The van der Waals surface area contributed by atoms with E-state index in [0.29, 0.717) is 0 Å². The van der Waals surface area contributed by atoms with Gasteiger partial charge in [-0.15, -0.1) is 0 Å². The summed E-state index contributed by atoms with van der Waals surface area (Å²) < 4.78 is 0. The zero-order valence-electron chi connectivity index (χ0n) is 11.8. The van der Waals surface area contributed by atoms with Crippen LogP contribution in [0, 0.1) is 11.8 Å². The Balaban J connectivity index is -0.000000266. The van der Waals surface area contributed by atoms with Crippen LogP contribution in [0.4, 0.5) is 0 Å². The zero-order valence-corrected chi connectivity index (χ0v) is 11.8. The molecule has 14 heavy (non-hydrogen) atoms. The van der Waals surface area contributed by atoms with Gasteiger partial charge in [-0.3, -0.25) is 0 Å². The summed E-state index contributed by atoms with van der Waals surface area (Å²) in [5, 5.41) is 3.33. The van der Waals surface area contributed by atoms with E-state index in [-0.39, 0.29) is 0 Å². The normalized spacial score (nSPS) is 10.9. The van der Waals surface area contributed by atoms with Gasteiger partial charge in [0, 0.05) is 0 Å². The van der Waals surface area contributed by atoms with Gasteiger partial charge in [0.25, 0.3) is 0 Å². The third-order valence-corrected chi connectivity index (χ3v) is 2.16. The van der Waals surface area contributed by atoms with Crippen molar-refractivity contribution in [3.05, 3.63) is 0 Å². The van der Waals surface area contributed by atoms with Gasteiger partial charge in [-0.25, -0.2) is 0 Å². The van der Waals surface area contributed by atoms with E-state index >= 15 is 0 Å². The van der Waals surface area contributed by atoms with Crippen LogP contribution in [0.15, 0.2) is 0 Å². The van der Waals surface area contributed by atoms with Gasteiger partial charge >= 0.3 is 0 Å². The fourth-order valence-electron chi connectivity index (χ4n) is 0.840. The smallest absolute Gasteiger partial charge is 0.00464 e. The molecule has 0 spiro atoms. The lowest BCUT2D eigenvalue weighted by Crippen LogP contribution is -2.18. The topological polar surface area (TPSA) is 12.0 Å². The van der Waals surface area contributed by atoms with Gasteiger partial charge in [0.2, 0.25) is 0 Å². The van der Waals surface area contributed by atoms with Crippen molar-refractivity contribution in [3.63, 3.8) is 0 Å². The molecule has 0 heterocycles. The van der Waals surface area contributed by atoms with E-state index in [0.717, 1.165) is 18.4 Å². The Morgan fingerprint density at radius 1 is 0.929 bits per heavy atom. The molecule has 0 saturated carbocycles. The molecule has 0 saturated heterocycles. The zero-order chi connectivity index (χ0) is 12.0. The van der Waals surface area contributed by atoms with Gasteiger partial charge in [0.05, 0.1) is 0 Å². The van der Waals surface area contributed by atoms with Crippen LogP contribution in [-0.2, 0) is 0 Å². The molecule has 0 aliphatic rings. The molecule has 0 radical (unpaired) electrons. The maximum absolute atomic E-state index is 3.33. The second-order valence-electron chi connectivity index (χ2n) is 3.36. The molecule has 0 aliphatic heterocycles. The van der Waals surface area contributed by atoms with E-state index < -0.39 is 0 Å². The third-order valence-electron chi connectivity index (χ3n) is 2.16. The first-order chi connectivity index (χ1) is 6.68. The fourth-order valence-corrected chi connectivity index (χ4v) is 0.840. The minimum atomic E-state index is 0.832. The van der Waals surface area contributed by atoms with Crippen molar-refractivity contribution in [2.45, 2.75) is 61.8 Å².